The first-order valence-corrected chi connectivity index (χ1v) is 6.46. The molecule has 2 nitrogen and oxygen atoms in total. The molecule has 1 aromatic heterocycles. The Labute approximate surface area is 119 Å². The molecule has 0 aliphatic rings. The maximum atomic E-state index is 13.0. The molecule has 0 unspecified atom stereocenters. The van der Waals surface area contributed by atoms with Crippen LogP contribution in [0.1, 0.15) is 0 Å². The molecule has 0 saturated carbocycles. The molecule has 0 fully saturated rings. The number of pyridine rings is 1. The maximum Gasteiger partial charge on any atom is 0.233 e. The molecular formula is C11H5Br2ClFNO. The third-order valence-corrected chi connectivity index (χ3v) is 3.17. The van der Waals surface area contributed by atoms with E-state index >= 15 is 0 Å². The Hall–Kier alpha value is -0.650. The van der Waals surface area contributed by atoms with Gasteiger partial charge in [-0.05, 0) is 50.1 Å². The van der Waals surface area contributed by atoms with Crippen molar-refractivity contribution in [2.45, 2.75) is 0 Å². The predicted molar refractivity (Wildman–Crippen MR) is 71.1 cm³/mol. The van der Waals surface area contributed by atoms with Gasteiger partial charge in [-0.2, -0.15) is 0 Å². The van der Waals surface area contributed by atoms with Crippen molar-refractivity contribution in [3.63, 3.8) is 0 Å². The van der Waals surface area contributed by atoms with Crippen LogP contribution in [0.2, 0.25) is 5.02 Å². The highest BCUT2D eigenvalue weighted by atomic mass is 79.9. The van der Waals surface area contributed by atoms with Gasteiger partial charge in [-0.15, -0.1) is 0 Å². The van der Waals surface area contributed by atoms with Gasteiger partial charge in [0.2, 0.25) is 5.88 Å². The van der Waals surface area contributed by atoms with Gasteiger partial charge in [0.15, 0.2) is 0 Å². The molecule has 0 atom stereocenters. The summed E-state index contributed by atoms with van der Waals surface area (Å²) in [6.45, 7) is 0. The van der Waals surface area contributed by atoms with Crippen LogP contribution in [0.3, 0.4) is 0 Å². The molecule has 0 amide bonds. The molecule has 88 valence electrons. The van der Waals surface area contributed by atoms with E-state index in [1.165, 1.54) is 18.2 Å². The topological polar surface area (TPSA) is 22.1 Å². The smallest absolute Gasteiger partial charge is 0.233 e. The van der Waals surface area contributed by atoms with Crippen LogP contribution in [0.4, 0.5) is 4.39 Å². The first-order valence-electron chi connectivity index (χ1n) is 4.50. The summed E-state index contributed by atoms with van der Waals surface area (Å²) in [5.74, 6) is 0.324. The second-order valence-electron chi connectivity index (χ2n) is 3.12. The van der Waals surface area contributed by atoms with Crippen molar-refractivity contribution < 1.29 is 9.13 Å². The van der Waals surface area contributed by atoms with E-state index in [1.54, 1.807) is 12.3 Å². The van der Waals surface area contributed by atoms with Gasteiger partial charge in [-0.25, -0.2) is 9.37 Å². The molecule has 0 spiro atoms. The van der Waals surface area contributed by atoms with Gasteiger partial charge in [0.1, 0.15) is 11.6 Å². The Morgan fingerprint density at radius 3 is 2.65 bits per heavy atom. The van der Waals surface area contributed by atoms with Gasteiger partial charge in [0.25, 0.3) is 0 Å². The fourth-order valence-corrected chi connectivity index (χ4v) is 2.37. The van der Waals surface area contributed by atoms with Crippen LogP contribution in [-0.2, 0) is 0 Å². The minimum atomic E-state index is -0.484. The van der Waals surface area contributed by atoms with Crippen molar-refractivity contribution in [1.29, 1.82) is 0 Å². The zero-order valence-corrected chi connectivity index (χ0v) is 12.2. The van der Waals surface area contributed by atoms with Crippen molar-refractivity contribution >= 4 is 43.5 Å². The maximum absolute atomic E-state index is 13.0. The van der Waals surface area contributed by atoms with Crippen LogP contribution in [0.15, 0.2) is 39.4 Å². The lowest BCUT2D eigenvalue weighted by atomic mass is 10.3. The lowest BCUT2D eigenvalue weighted by Gasteiger charge is -2.07. The molecular weight excluding hydrogens is 376 g/mol. The van der Waals surface area contributed by atoms with Gasteiger partial charge < -0.3 is 4.74 Å². The van der Waals surface area contributed by atoms with Crippen LogP contribution in [0.5, 0.6) is 11.6 Å². The summed E-state index contributed by atoms with van der Waals surface area (Å²) in [5, 5.41) is 0.00994. The first kappa shape index (κ1) is 12.8. The molecule has 0 saturated heterocycles. The number of halogens is 4. The molecule has 2 aromatic rings. The number of nitrogens with zero attached hydrogens (tertiary/aromatic N) is 1. The van der Waals surface area contributed by atoms with E-state index in [-0.39, 0.29) is 5.02 Å². The van der Waals surface area contributed by atoms with E-state index in [0.29, 0.717) is 16.1 Å². The Kier molecular flexibility index (Phi) is 4.01. The van der Waals surface area contributed by atoms with E-state index in [9.17, 15) is 4.39 Å². The lowest BCUT2D eigenvalue weighted by molar-refractivity contribution is 0.458. The molecule has 1 aromatic carbocycles. The van der Waals surface area contributed by atoms with Crippen LogP contribution in [-0.4, -0.2) is 4.98 Å². The molecule has 6 heteroatoms. The Morgan fingerprint density at radius 2 is 2.00 bits per heavy atom. The second kappa shape index (κ2) is 5.33. The Bertz CT molecular complexity index is 565. The zero-order valence-electron chi connectivity index (χ0n) is 8.25. The summed E-state index contributed by atoms with van der Waals surface area (Å²) in [6, 6.07) is 5.92. The van der Waals surface area contributed by atoms with Crippen molar-refractivity contribution in [3.8, 4) is 11.6 Å². The average Bonchev–Trinajstić information content (AvgIpc) is 2.27. The Balaban J connectivity index is 2.28. The number of rotatable bonds is 2. The quantitative estimate of drug-likeness (QED) is 0.714. The summed E-state index contributed by atoms with van der Waals surface area (Å²) in [6.07, 6.45) is 1.60. The molecule has 0 aliphatic heterocycles. The highest BCUT2D eigenvalue weighted by Gasteiger charge is 2.07. The summed E-state index contributed by atoms with van der Waals surface area (Å²) in [5.41, 5.74) is 0. The van der Waals surface area contributed by atoms with E-state index in [1.807, 2.05) is 0 Å². The highest BCUT2D eigenvalue weighted by molar-refractivity contribution is 9.11. The minimum absolute atomic E-state index is 0.00994. The SMILES string of the molecule is Fc1ccc(Oc2ncc(Br)cc2Br)cc1Cl. The van der Waals surface area contributed by atoms with Crippen LogP contribution in [0, 0.1) is 5.82 Å². The molecule has 0 N–H and O–H groups in total. The van der Waals surface area contributed by atoms with Crippen molar-refractivity contribution in [2.75, 3.05) is 0 Å². The Morgan fingerprint density at radius 1 is 1.24 bits per heavy atom. The summed E-state index contributed by atoms with van der Waals surface area (Å²) >= 11 is 12.2. The highest BCUT2D eigenvalue weighted by Crippen LogP contribution is 2.31. The second-order valence-corrected chi connectivity index (χ2v) is 5.30. The summed E-state index contributed by atoms with van der Waals surface area (Å²) < 4.78 is 19.9. The van der Waals surface area contributed by atoms with E-state index in [2.05, 4.69) is 36.8 Å². The molecule has 2 rings (SSSR count). The largest absolute Gasteiger partial charge is 0.438 e. The van der Waals surface area contributed by atoms with E-state index < -0.39 is 5.82 Å². The monoisotopic (exact) mass is 379 g/mol. The number of hydrogen-bond acceptors (Lipinski definition) is 2. The fraction of sp³-hybridized carbons (Fsp3) is 0. The summed E-state index contributed by atoms with van der Waals surface area (Å²) in [4.78, 5) is 4.07. The van der Waals surface area contributed by atoms with Gasteiger partial charge in [-0.3, -0.25) is 0 Å². The molecule has 0 bridgehead atoms. The van der Waals surface area contributed by atoms with Gasteiger partial charge in [0, 0.05) is 16.7 Å². The molecule has 0 aliphatic carbocycles. The van der Waals surface area contributed by atoms with E-state index in [4.69, 9.17) is 16.3 Å². The van der Waals surface area contributed by atoms with Gasteiger partial charge in [-0.1, -0.05) is 11.6 Å². The molecule has 1 heterocycles. The van der Waals surface area contributed by atoms with Crippen molar-refractivity contribution in [3.05, 3.63) is 50.2 Å². The average molecular weight is 381 g/mol. The van der Waals surface area contributed by atoms with Crippen LogP contribution >= 0.6 is 43.5 Å². The normalized spacial score (nSPS) is 10.4. The minimum Gasteiger partial charge on any atom is -0.438 e. The standard InChI is InChI=1S/C11H5Br2ClFNO/c12-6-3-8(13)11(16-5-6)17-7-1-2-10(15)9(14)4-7/h1-5H. The third kappa shape index (κ3) is 3.18. The fourth-order valence-electron chi connectivity index (χ4n) is 1.13. The van der Waals surface area contributed by atoms with E-state index in [0.717, 1.165) is 4.47 Å². The first-order chi connectivity index (χ1) is 8.06. The van der Waals surface area contributed by atoms with Crippen LogP contribution in [0.25, 0.3) is 0 Å². The van der Waals surface area contributed by atoms with Gasteiger partial charge in [0.05, 0.1) is 9.50 Å². The lowest BCUT2D eigenvalue weighted by Crippen LogP contribution is -1.89. The number of benzene rings is 1. The van der Waals surface area contributed by atoms with Gasteiger partial charge >= 0.3 is 0 Å². The predicted octanol–water partition coefficient (Wildman–Crippen LogP) is 5.19. The van der Waals surface area contributed by atoms with Crippen molar-refractivity contribution in [1.82, 2.24) is 4.98 Å². The summed E-state index contributed by atoms with van der Waals surface area (Å²) in [7, 11) is 0. The number of ether oxygens (including phenoxy) is 1. The number of aromatic nitrogens is 1. The molecule has 17 heavy (non-hydrogen) atoms. The third-order valence-electron chi connectivity index (χ3n) is 1.88. The molecule has 0 radical (unpaired) electrons. The zero-order chi connectivity index (χ0) is 12.4. The number of hydrogen-bond donors (Lipinski definition) is 0. The van der Waals surface area contributed by atoms with Crippen LogP contribution < -0.4 is 4.74 Å². The van der Waals surface area contributed by atoms with Crippen molar-refractivity contribution in [2.24, 2.45) is 0 Å².